The van der Waals surface area contributed by atoms with Crippen molar-refractivity contribution in [2.24, 2.45) is 7.05 Å². The number of halogens is 2. The summed E-state index contributed by atoms with van der Waals surface area (Å²) in [4.78, 5) is 4.33. The molecule has 1 aromatic carbocycles. The Morgan fingerprint density at radius 2 is 2.24 bits per heavy atom. The first-order valence-corrected chi connectivity index (χ1v) is 8.06. The number of hydrogen-bond donors (Lipinski definition) is 1. The Kier molecular flexibility index (Phi) is 5.94. The summed E-state index contributed by atoms with van der Waals surface area (Å²) in [5, 5.41) is 3.44. The first-order valence-electron chi connectivity index (χ1n) is 7.27. The molecule has 1 aromatic heterocycles. The van der Waals surface area contributed by atoms with Gasteiger partial charge in [-0.15, -0.1) is 0 Å². The summed E-state index contributed by atoms with van der Waals surface area (Å²) in [6.45, 7) is 2.98. The summed E-state index contributed by atoms with van der Waals surface area (Å²) in [7, 11) is 1.98. The molecule has 0 bridgehead atoms. The molecule has 0 aliphatic rings. The highest BCUT2D eigenvalue weighted by atomic mass is 79.9. The van der Waals surface area contributed by atoms with Crippen molar-refractivity contribution >= 4 is 15.9 Å². The number of aromatic nitrogens is 2. The van der Waals surface area contributed by atoms with Gasteiger partial charge in [0, 0.05) is 37.5 Å². The van der Waals surface area contributed by atoms with Crippen LogP contribution in [0.15, 0.2) is 35.1 Å². The van der Waals surface area contributed by atoms with E-state index >= 15 is 0 Å². The van der Waals surface area contributed by atoms with Crippen LogP contribution in [-0.4, -0.2) is 16.1 Å². The smallest absolute Gasteiger partial charge is 0.142 e. The van der Waals surface area contributed by atoms with Crippen LogP contribution in [-0.2, 0) is 13.5 Å². The Bertz CT molecular complexity index is 583. The van der Waals surface area contributed by atoms with Gasteiger partial charge in [0.1, 0.15) is 11.6 Å². The van der Waals surface area contributed by atoms with E-state index in [0.29, 0.717) is 10.0 Å². The lowest BCUT2D eigenvalue weighted by molar-refractivity contribution is 0.466. The number of nitrogens with one attached hydrogen (secondary N) is 1. The molecular weight excluding hydrogens is 333 g/mol. The number of nitrogens with zero attached hydrogens (tertiary/aromatic N) is 2. The Balaban J connectivity index is 2.14. The maximum Gasteiger partial charge on any atom is 0.142 e. The molecule has 21 heavy (non-hydrogen) atoms. The van der Waals surface area contributed by atoms with E-state index in [1.54, 1.807) is 12.3 Å². The summed E-state index contributed by atoms with van der Waals surface area (Å²) in [5.74, 6) is 0.847. The molecule has 0 spiro atoms. The van der Waals surface area contributed by atoms with E-state index in [0.717, 1.165) is 31.6 Å². The number of aryl methyl sites for hydroxylation is 2. The minimum atomic E-state index is -0.175. The van der Waals surface area contributed by atoms with Gasteiger partial charge in [-0.25, -0.2) is 9.37 Å². The Morgan fingerprint density at radius 3 is 2.90 bits per heavy atom. The highest BCUT2D eigenvalue weighted by Crippen LogP contribution is 2.26. The third kappa shape index (κ3) is 4.14. The van der Waals surface area contributed by atoms with Crippen molar-refractivity contribution in [2.75, 3.05) is 6.54 Å². The second kappa shape index (κ2) is 7.71. The van der Waals surface area contributed by atoms with Gasteiger partial charge >= 0.3 is 0 Å². The molecule has 2 rings (SSSR count). The summed E-state index contributed by atoms with van der Waals surface area (Å²) < 4.78 is 16.8. The predicted molar refractivity (Wildman–Crippen MR) is 86.7 cm³/mol. The molecule has 1 N–H and O–H groups in total. The van der Waals surface area contributed by atoms with Gasteiger partial charge in [0.2, 0.25) is 0 Å². The topological polar surface area (TPSA) is 29.9 Å². The van der Waals surface area contributed by atoms with E-state index in [1.807, 2.05) is 29.9 Å². The van der Waals surface area contributed by atoms with Crippen molar-refractivity contribution in [3.8, 4) is 0 Å². The lowest BCUT2D eigenvalue weighted by Crippen LogP contribution is -2.24. The van der Waals surface area contributed by atoms with E-state index in [1.165, 1.54) is 0 Å². The molecule has 0 saturated heterocycles. The lowest BCUT2D eigenvalue weighted by atomic mass is 10.0. The molecule has 1 heterocycles. The molecule has 3 nitrogen and oxygen atoms in total. The average Bonchev–Trinajstić information content (AvgIpc) is 2.88. The van der Waals surface area contributed by atoms with E-state index < -0.39 is 0 Å². The summed E-state index contributed by atoms with van der Waals surface area (Å²) in [6.07, 6.45) is 6.39. The van der Waals surface area contributed by atoms with Crippen LogP contribution in [0.5, 0.6) is 0 Å². The molecule has 0 fully saturated rings. The lowest BCUT2D eigenvalue weighted by Gasteiger charge is -2.20. The average molecular weight is 354 g/mol. The van der Waals surface area contributed by atoms with Crippen LogP contribution in [0.2, 0.25) is 0 Å². The zero-order valence-electron chi connectivity index (χ0n) is 12.4. The van der Waals surface area contributed by atoms with Crippen LogP contribution in [0.3, 0.4) is 0 Å². The second-order valence-electron chi connectivity index (χ2n) is 5.14. The molecule has 114 valence electrons. The fourth-order valence-electron chi connectivity index (χ4n) is 2.39. The minimum absolute atomic E-state index is 0.000787. The molecule has 1 unspecified atom stereocenters. The van der Waals surface area contributed by atoms with Gasteiger partial charge in [0.05, 0.1) is 4.47 Å². The van der Waals surface area contributed by atoms with Crippen LogP contribution in [0.4, 0.5) is 4.39 Å². The van der Waals surface area contributed by atoms with E-state index in [9.17, 15) is 4.39 Å². The number of benzene rings is 1. The first-order chi connectivity index (χ1) is 10.1. The van der Waals surface area contributed by atoms with E-state index in [4.69, 9.17) is 0 Å². The van der Waals surface area contributed by atoms with Crippen LogP contribution < -0.4 is 5.32 Å². The van der Waals surface area contributed by atoms with Crippen LogP contribution in [0.1, 0.15) is 37.2 Å². The highest BCUT2D eigenvalue weighted by molar-refractivity contribution is 9.10. The zero-order valence-corrected chi connectivity index (χ0v) is 14.0. The zero-order chi connectivity index (χ0) is 15.2. The fraction of sp³-hybridized carbons (Fsp3) is 0.438. The molecular formula is C16H21BrFN3. The number of hydrogen-bond acceptors (Lipinski definition) is 2. The molecule has 0 amide bonds. The largest absolute Gasteiger partial charge is 0.338 e. The van der Waals surface area contributed by atoms with Crippen molar-refractivity contribution in [2.45, 2.75) is 32.2 Å². The van der Waals surface area contributed by atoms with Crippen LogP contribution in [0, 0.1) is 5.82 Å². The molecule has 0 saturated carbocycles. The van der Waals surface area contributed by atoms with Crippen molar-refractivity contribution in [1.29, 1.82) is 0 Å². The summed E-state index contributed by atoms with van der Waals surface area (Å²) in [5.41, 5.74) is 0.715. The van der Waals surface area contributed by atoms with Crippen molar-refractivity contribution in [3.05, 3.63) is 52.3 Å². The van der Waals surface area contributed by atoms with Crippen LogP contribution >= 0.6 is 15.9 Å². The fourth-order valence-corrected chi connectivity index (χ4v) is 2.77. The third-order valence-corrected chi connectivity index (χ3v) is 4.19. The molecule has 5 heteroatoms. The van der Waals surface area contributed by atoms with E-state index in [-0.39, 0.29) is 11.9 Å². The predicted octanol–water partition coefficient (Wildman–Crippen LogP) is 4.00. The monoisotopic (exact) mass is 353 g/mol. The molecule has 0 radical (unpaired) electrons. The Labute approximate surface area is 133 Å². The normalized spacial score (nSPS) is 12.6. The molecule has 0 aliphatic carbocycles. The Morgan fingerprint density at radius 1 is 1.43 bits per heavy atom. The SMILES string of the molecule is CCCNC(CCc1nccn1C)c1cccc(Br)c1F. The van der Waals surface area contributed by atoms with Gasteiger partial charge in [0.15, 0.2) is 0 Å². The number of rotatable bonds is 7. The summed E-state index contributed by atoms with van der Waals surface area (Å²) in [6, 6.07) is 5.46. The van der Waals surface area contributed by atoms with E-state index in [2.05, 4.69) is 33.2 Å². The van der Waals surface area contributed by atoms with Gasteiger partial charge in [-0.2, -0.15) is 0 Å². The third-order valence-electron chi connectivity index (χ3n) is 3.58. The molecule has 2 aromatic rings. The van der Waals surface area contributed by atoms with Gasteiger partial charge in [-0.1, -0.05) is 19.1 Å². The molecule has 0 aliphatic heterocycles. The Hall–Kier alpha value is -1.20. The maximum absolute atomic E-state index is 14.3. The van der Waals surface area contributed by atoms with Crippen molar-refractivity contribution < 1.29 is 4.39 Å². The van der Waals surface area contributed by atoms with Gasteiger partial charge in [-0.05, 0) is 41.4 Å². The molecule has 1 atom stereocenters. The van der Waals surface area contributed by atoms with Crippen molar-refractivity contribution in [1.82, 2.24) is 14.9 Å². The maximum atomic E-state index is 14.3. The summed E-state index contributed by atoms with van der Waals surface area (Å²) >= 11 is 3.26. The first kappa shape index (κ1) is 16.2. The minimum Gasteiger partial charge on any atom is -0.338 e. The second-order valence-corrected chi connectivity index (χ2v) is 6.00. The highest BCUT2D eigenvalue weighted by Gasteiger charge is 2.17. The number of imidazole rings is 1. The quantitative estimate of drug-likeness (QED) is 0.815. The van der Waals surface area contributed by atoms with Gasteiger partial charge in [-0.3, -0.25) is 0 Å². The van der Waals surface area contributed by atoms with Crippen LogP contribution in [0.25, 0.3) is 0 Å². The van der Waals surface area contributed by atoms with Gasteiger partial charge in [0.25, 0.3) is 0 Å². The standard InChI is InChI=1S/C16H21BrFN3/c1-3-9-19-14(7-8-15-20-10-11-21(15)2)12-5-4-6-13(17)16(12)18/h4-6,10-11,14,19H,3,7-9H2,1-2H3. The van der Waals surface area contributed by atoms with Crippen molar-refractivity contribution in [3.63, 3.8) is 0 Å². The van der Waals surface area contributed by atoms with Gasteiger partial charge < -0.3 is 9.88 Å².